The molecular formula is C14H12N2O2. The molecule has 0 saturated carbocycles. The molecule has 1 aromatic heterocycles. The maximum Gasteiger partial charge on any atom is 0.251 e. The quantitative estimate of drug-likeness (QED) is 0.896. The van der Waals surface area contributed by atoms with E-state index >= 15 is 0 Å². The van der Waals surface area contributed by atoms with Gasteiger partial charge in [-0.05, 0) is 37.3 Å². The van der Waals surface area contributed by atoms with E-state index in [1.54, 1.807) is 42.7 Å². The van der Waals surface area contributed by atoms with Crippen molar-refractivity contribution in [3.05, 3.63) is 59.5 Å². The molecule has 0 fully saturated rings. The first kappa shape index (κ1) is 11.9. The Morgan fingerprint density at radius 2 is 2.22 bits per heavy atom. The van der Waals surface area contributed by atoms with Crippen molar-refractivity contribution >= 4 is 5.91 Å². The molecule has 4 heteroatoms. The first-order valence-electron chi connectivity index (χ1n) is 5.55. The minimum absolute atomic E-state index is 0.210. The van der Waals surface area contributed by atoms with E-state index in [9.17, 15) is 4.79 Å². The van der Waals surface area contributed by atoms with Gasteiger partial charge in [0.15, 0.2) is 0 Å². The van der Waals surface area contributed by atoms with E-state index in [-0.39, 0.29) is 11.9 Å². The summed E-state index contributed by atoms with van der Waals surface area (Å²) in [7, 11) is 0. The molecule has 1 aromatic carbocycles. The molecule has 1 amide bonds. The van der Waals surface area contributed by atoms with Gasteiger partial charge in [-0.25, -0.2) is 0 Å². The van der Waals surface area contributed by atoms with Crippen LogP contribution in [0.2, 0.25) is 0 Å². The number of benzene rings is 1. The zero-order chi connectivity index (χ0) is 13.0. The summed E-state index contributed by atoms with van der Waals surface area (Å²) in [5, 5.41) is 11.6. The number of furan rings is 1. The number of nitrogens with zero attached hydrogens (tertiary/aromatic N) is 1. The normalized spacial score (nSPS) is 11.6. The predicted octanol–water partition coefficient (Wildman–Crippen LogP) is 2.64. The van der Waals surface area contributed by atoms with E-state index in [2.05, 4.69) is 5.32 Å². The molecule has 1 atom stereocenters. The molecular weight excluding hydrogens is 228 g/mol. The minimum atomic E-state index is -0.226. The summed E-state index contributed by atoms with van der Waals surface area (Å²) in [4.78, 5) is 12.0. The van der Waals surface area contributed by atoms with E-state index in [0.29, 0.717) is 16.9 Å². The Labute approximate surface area is 105 Å². The van der Waals surface area contributed by atoms with Crippen LogP contribution in [0, 0.1) is 11.3 Å². The lowest BCUT2D eigenvalue weighted by Gasteiger charge is -2.11. The van der Waals surface area contributed by atoms with Gasteiger partial charge in [0.2, 0.25) is 0 Å². The van der Waals surface area contributed by atoms with Crippen molar-refractivity contribution in [3.63, 3.8) is 0 Å². The average molecular weight is 240 g/mol. The fourth-order valence-electron chi connectivity index (χ4n) is 1.62. The predicted molar refractivity (Wildman–Crippen MR) is 65.7 cm³/mol. The highest BCUT2D eigenvalue weighted by Crippen LogP contribution is 2.13. The van der Waals surface area contributed by atoms with Gasteiger partial charge in [0.05, 0.1) is 23.9 Å². The molecule has 0 spiro atoms. The van der Waals surface area contributed by atoms with Crippen molar-refractivity contribution in [3.8, 4) is 6.07 Å². The van der Waals surface area contributed by atoms with Crippen LogP contribution in [0.3, 0.4) is 0 Å². The van der Waals surface area contributed by atoms with Crippen LogP contribution >= 0.6 is 0 Å². The molecule has 0 aliphatic carbocycles. The molecule has 18 heavy (non-hydrogen) atoms. The van der Waals surface area contributed by atoms with E-state index in [1.165, 1.54) is 0 Å². The van der Waals surface area contributed by atoms with E-state index < -0.39 is 0 Å². The van der Waals surface area contributed by atoms with Gasteiger partial charge in [-0.3, -0.25) is 4.79 Å². The number of hydrogen-bond donors (Lipinski definition) is 1. The van der Waals surface area contributed by atoms with Gasteiger partial charge >= 0.3 is 0 Å². The van der Waals surface area contributed by atoms with Gasteiger partial charge in [0.1, 0.15) is 5.76 Å². The highest BCUT2D eigenvalue weighted by molar-refractivity contribution is 5.94. The van der Waals surface area contributed by atoms with Crippen LogP contribution in [0.25, 0.3) is 0 Å². The molecule has 2 aromatic rings. The Balaban J connectivity index is 2.10. The summed E-state index contributed by atoms with van der Waals surface area (Å²) in [6.45, 7) is 1.84. The zero-order valence-corrected chi connectivity index (χ0v) is 9.88. The third kappa shape index (κ3) is 2.58. The average Bonchev–Trinajstić information content (AvgIpc) is 2.92. The molecule has 90 valence electrons. The lowest BCUT2D eigenvalue weighted by atomic mass is 10.1. The summed E-state index contributed by atoms with van der Waals surface area (Å²) in [5.74, 6) is 0.468. The molecule has 0 bridgehead atoms. The molecule has 0 aliphatic rings. The van der Waals surface area contributed by atoms with Crippen molar-refractivity contribution in [1.82, 2.24) is 5.32 Å². The zero-order valence-electron chi connectivity index (χ0n) is 9.88. The number of hydrogen-bond acceptors (Lipinski definition) is 3. The standard InChI is InChI=1S/C14H12N2O2/c1-10(13-6-3-7-18-13)16-14(17)12-5-2-4-11(8-12)9-15/h2-8,10H,1H3,(H,16,17)/t10-/m0/s1. The highest BCUT2D eigenvalue weighted by Gasteiger charge is 2.13. The number of carbonyl (C=O) groups excluding carboxylic acids is 1. The molecule has 2 rings (SSSR count). The van der Waals surface area contributed by atoms with Crippen LogP contribution in [-0.4, -0.2) is 5.91 Å². The maximum absolute atomic E-state index is 12.0. The van der Waals surface area contributed by atoms with Crippen LogP contribution in [0.5, 0.6) is 0 Å². The van der Waals surface area contributed by atoms with Gasteiger partial charge in [-0.15, -0.1) is 0 Å². The summed E-state index contributed by atoms with van der Waals surface area (Å²) >= 11 is 0. The van der Waals surface area contributed by atoms with Gasteiger partial charge in [0.25, 0.3) is 5.91 Å². The number of nitriles is 1. The molecule has 0 saturated heterocycles. The van der Waals surface area contributed by atoms with Crippen LogP contribution in [0.1, 0.15) is 34.6 Å². The first-order chi connectivity index (χ1) is 8.70. The topological polar surface area (TPSA) is 66.0 Å². The lowest BCUT2D eigenvalue weighted by Crippen LogP contribution is -2.26. The van der Waals surface area contributed by atoms with Crippen molar-refractivity contribution in [2.75, 3.05) is 0 Å². The summed E-state index contributed by atoms with van der Waals surface area (Å²) in [6, 6.07) is 11.9. The van der Waals surface area contributed by atoms with Gasteiger partial charge in [0, 0.05) is 5.56 Å². The van der Waals surface area contributed by atoms with Gasteiger partial charge in [-0.2, -0.15) is 5.26 Å². The van der Waals surface area contributed by atoms with Gasteiger partial charge < -0.3 is 9.73 Å². The second-order valence-corrected chi connectivity index (χ2v) is 3.90. The van der Waals surface area contributed by atoms with E-state index in [1.807, 2.05) is 13.0 Å². The van der Waals surface area contributed by atoms with E-state index in [4.69, 9.17) is 9.68 Å². The lowest BCUT2D eigenvalue weighted by molar-refractivity contribution is 0.0935. The smallest absolute Gasteiger partial charge is 0.251 e. The number of carbonyl (C=O) groups is 1. The van der Waals surface area contributed by atoms with Crippen molar-refractivity contribution in [2.24, 2.45) is 0 Å². The Kier molecular flexibility index (Phi) is 3.44. The Morgan fingerprint density at radius 1 is 1.39 bits per heavy atom. The molecule has 1 heterocycles. The van der Waals surface area contributed by atoms with Crippen LogP contribution in [0.15, 0.2) is 47.1 Å². The first-order valence-corrected chi connectivity index (χ1v) is 5.55. The number of amides is 1. The second-order valence-electron chi connectivity index (χ2n) is 3.90. The molecule has 0 radical (unpaired) electrons. The third-order valence-electron chi connectivity index (χ3n) is 2.57. The fraction of sp³-hybridized carbons (Fsp3) is 0.143. The Hall–Kier alpha value is -2.54. The van der Waals surface area contributed by atoms with E-state index in [0.717, 1.165) is 0 Å². The van der Waals surface area contributed by atoms with Crippen LogP contribution < -0.4 is 5.32 Å². The second kappa shape index (κ2) is 5.19. The Morgan fingerprint density at radius 3 is 2.89 bits per heavy atom. The third-order valence-corrected chi connectivity index (χ3v) is 2.57. The molecule has 1 N–H and O–H groups in total. The van der Waals surface area contributed by atoms with Crippen molar-refractivity contribution < 1.29 is 9.21 Å². The number of rotatable bonds is 3. The monoisotopic (exact) mass is 240 g/mol. The fourth-order valence-corrected chi connectivity index (χ4v) is 1.62. The summed E-state index contributed by atoms with van der Waals surface area (Å²) in [5.41, 5.74) is 0.931. The number of nitrogens with one attached hydrogen (secondary N) is 1. The van der Waals surface area contributed by atoms with Crippen LogP contribution in [-0.2, 0) is 0 Å². The van der Waals surface area contributed by atoms with Crippen molar-refractivity contribution in [2.45, 2.75) is 13.0 Å². The molecule has 0 unspecified atom stereocenters. The summed E-state index contributed by atoms with van der Waals surface area (Å²) in [6.07, 6.45) is 1.56. The molecule has 0 aliphatic heterocycles. The summed E-state index contributed by atoms with van der Waals surface area (Å²) < 4.78 is 5.21. The van der Waals surface area contributed by atoms with Crippen molar-refractivity contribution in [1.29, 1.82) is 5.26 Å². The minimum Gasteiger partial charge on any atom is -0.467 e. The highest BCUT2D eigenvalue weighted by atomic mass is 16.3. The largest absolute Gasteiger partial charge is 0.467 e. The maximum atomic E-state index is 12.0. The SMILES string of the molecule is C[C@H](NC(=O)c1cccc(C#N)c1)c1ccco1. The van der Waals surface area contributed by atoms with Crippen LogP contribution in [0.4, 0.5) is 0 Å². The Bertz CT molecular complexity index is 582. The van der Waals surface area contributed by atoms with Gasteiger partial charge in [-0.1, -0.05) is 6.07 Å². The molecule has 4 nitrogen and oxygen atoms in total.